The molecule has 0 fully saturated rings. The summed E-state index contributed by atoms with van der Waals surface area (Å²) >= 11 is 6.07. The highest BCUT2D eigenvalue weighted by atomic mass is 35.5. The minimum absolute atomic E-state index is 0.293. The van der Waals surface area contributed by atoms with Crippen molar-refractivity contribution in [3.8, 4) is 22.3 Å². The van der Waals surface area contributed by atoms with Gasteiger partial charge in [0.2, 0.25) is 0 Å². The van der Waals surface area contributed by atoms with Gasteiger partial charge in [-0.2, -0.15) is 0 Å². The molecule has 3 aromatic rings. The topological polar surface area (TPSA) is 45.4 Å². The Bertz CT molecular complexity index is 885. The zero-order chi connectivity index (χ0) is 17.4. The number of aliphatic hydroxyl groups is 2. The number of fused-ring (bicyclic) bond motifs is 1. The summed E-state index contributed by atoms with van der Waals surface area (Å²) in [4.78, 5) is 0. The zero-order valence-corrected chi connectivity index (χ0v) is 14.6. The van der Waals surface area contributed by atoms with Crippen LogP contribution in [0.2, 0.25) is 5.02 Å². The van der Waals surface area contributed by atoms with Crippen LogP contribution < -0.4 is 0 Å². The van der Waals surface area contributed by atoms with E-state index in [9.17, 15) is 10.2 Å². The van der Waals surface area contributed by atoms with Crippen LogP contribution in [0.4, 0.5) is 0 Å². The highest BCUT2D eigenvalue weighted by Gasteiger charge is 2.30. The third-order valence-corrected chi connectivity index (χ3v) is 5.14. The van der Waals surface area contributed by atoms with Gasteiger partial charge in [0.15, 0.2) is 0 Å². The number of halogens is 1. The fourth-order valence-electron chi connectivity index (χ4n) is 3.87. The van der Waals surface area contributed by atoms with Gasteiger partial charge in [-0.05, 0) is 36.1 Å². The summed E-state index contributed by atoms with van der Waals surface area (Å²) in [7, 11) is 0. The number of hydrogen-bond donors (Lipinski definition) is 2. The number of nitrogens with zero attached hydrogens (tertiary/aromatic N) is 1. The summed E-state index contributed by atoms with van der Waals surface area (Å²) in [5, 5.41) is 20.9. The molecule has 2 N–H and O–H groups in total. The van der Waals surface area contributed by atoms with Gasteiger partial charge in [0.25, 0.3) is 0 Å². The van der Waals surface area contributed by atoms with Crippen LogP contribution in [0, 0.1) is 0 Å². The second-order valence-electron chi connectivity index (χ2n) is 6.41. The standard InChI is InChI=1S/C21H20ClNO2/c22-16-10-8-15(9-11-16)20-19(14-5-2-1-3-6-14)17-7-4-12-23(17)21(20)18(25)13-24/h1-3,5-6,8-11,18,24-25H,4,7,12-13H2/t18-/m0/s1. The lowest BCUT2D eigenvalue weighted by Gasteiger charge is -2.15. The van der Waals surface area contributed by atoms with Crippen LogP contribution >= 0.6 is 11.6 Å². The molecule has 0 aliphatic carbocycles. The lowest BCUT2D eigenvalue weighted by molar-refractivity contribution is 0.0899. The summed E-state index contributed by atoms with van der Waals surface area (Å²) in [5.41, 5.74) is 6.33. The molecule has 4 heteroatoms. The molecule has 0 radical (unpaired) electrons. The van der Waals surface area contributed by atoms with Gasteiger partial charge in [-0.1, -0.05) is 54.1 Å². The van der Waals surface area contributed by atoms with Crippen molar-refractivity contribution in [3.63, 3.8) is 0 Å². The molecular weight excluding hydrogens is 334 g/mol. The molecule has 0 saturated carbocycles. The monoisotopic (exact) mass is 353 g/mol. The molecule has 25 heavy (non-hydrogen) atoms. The molecule has 4 rings (SSSR count). The van der Waals surface area contributed by atoms with Gasteiger partial charge in [-0.3, -0.25) is 0 Å². The molecule has 0 saturated heterocycles. The summed E-state index contributed by atoms with van der Waals surface area (Å²) in [6.45, 7) is 0.577. The first-order chi connectivity index (χ1) is 12.2. The molecule has 1 aromatic heterocycles. The maximum Gasteiger partial charge on any atom is 0.118 e. The number of hydrogen-bond acceptors (Lipinski definition) is 2. The van der Waals surface area contributed by atoms with Gasteiger partial charge >= 0.3 is 0 Å². The van der Waals surface area contributed by atoms with Crippen molar-refractivity contribution in [1.29, 1.82) is 0 Å². The summed E-state index contributed by atoms with van der Waals surface area (Å²) in [6, 6.07) is 18.0. The second kappa shape index (κ2) is 6.68. The van der Waals surface area contributed by atoms with Gasteiger partial charge in [0.05, 0.1) is 12.3 Å². The largest absolute Gasteiger partial charge is 0.393 e. The van der Waals surface area contributed by atoms with Crippen LogP contribution in [0.3, 0.4) is 0 Å². The molecule has 2 aromatic carbocycles. The van der Waals surface area contributed by atoms with Gasteiger partial charge in [0, 0.05) is 28.4 Å². The van der Waals surface area contributed by atoms with E-state index in [1.807, 2.05) is 42.5 Å². The molecule has 1 atom stereocenters. The molecule has 0 bridgehead atoms. The quantitative estimate of drug-likeness (QED) is 0.728. The minimum atomic E-state index is -0.903. The Hall–Kier alpha value is -2.07. The summed E-state index contributed by atoms with van der Waals surface area (Å²) in [6.07, 6.45) is 1.13. The van der Waals surface area contributed by atoms with E-state index in [0.29, 0.717) is 5.02 Å². The molecule has 0 spiro atoms. The second-order valence-corrected chi connectivity index (χ2v) is 6.84. The Morgan fingerprint density at radius 1 is 0.960 bits per heavy atom. The number of aromatic nitrogens is 1. The number of rotatable bonds is 4. The fourth-order valence-corrected chi connectivity index (χ4v) is 3.99. The first-order valence-electron chi connectivity index (χ1n) is 8.56. The van der Waals surface area contributed by atoms with Crippen LogP contribution in [0.15, 0.2) is 54.6 Å². The molecule has 0 amide bonds. The predicted molar refractivity (Wildman–Crippen MR) is 101 cm³/mol. The van der Waals surface area contributed by atoms with Gasteiger partial charge in [-0.15, -0.1) is 0 Å². The van der Waals surface area contributed by atoms with Crippen molar-refractivity contribution < 1.29 is 10.2 Å². The Morgan fingerprint density at radius 3 is 2.32 bits per heavy atom. The number of aliphatic hydroxyl groups excluding tert-OH is 2. The Morgan fingerprint density at radius 2 is 1.64 bits per heavy atom. The smallest absolute Gasteiger partial charge is 0.118 e. The molecule has 128 valence electrons. The third kappa shape index (κ3) is 2.78. The molecule has 0 unspecified atom stereocenters. The van der Waals surface area contributed by atoms with E-state index in [1.54, 1.807) is 0 Å². The predicted octanol–water partition coefficient (Wildman–Crippen LogP) is 4.45. The number of benzene rings is 2. The van der Waals surface area contributed by atoms with Crippen LogP contribution in [-0.2, 0) is 13.0 Å². The van der Waals surface area contributed by atoms with Gasteiger partial charge < -0.3 is 14.8 Å². The summed E-state index contributed by atoms with van der Waals surface area (Å²) < 4.78 is 2.19. The SMILES string of the molecule is OC[C@H](O)c1c(-c2ccc(Cl)cc2)c(-c2ccccc2)c2n1CCC2. The average Bonchev–Trinajstić information content (AvgIpc) is 3.22. The van der Waals surface area contributed by atoms with E-state index in [1.165, 1.54) is 5.69 Å². The van der Waals surface area contributed by atoms with Crippen LogP contribution in [0.25, 0.3) is 22.3 Å². The lowest BCUT2D eigenvalue weighted by atomic mass is 9.92. The van der Waals surface area contributed by atoms with E-state index in [0.717, 1.165) is 47.3 Å². The highest BCUT2D eigenvalue weighted by Crippen LogP contribution is 2.45. The molecule has 2 heterocycles. The van der Waals surface area contributed by atoms with Gasteiger partial charge in [-0.25, -0.2) is 0 Å². The van der Waals surface area contributed by atoms with Crippen LogP contribution in [0.5, 0.6) is 0 Å². The van der Waals surface area contributed by atoms with E-state index in [4.69, 9.17) is 11.6 Å². The zero-order valence-electron chi connectivity index (χ0n) is 13.8. The summed E-state index contributed by atoms with van der Waals surface area (Å²) in [5.74, 6) is 0. The van der Waals surface area contributed by atoms with Crippen LogP contribution in [0.1, 0.15) is 23.9 Å². The van der Waals surface area contributed by atoms with E-state index < -0.39 is 6.10 Å². The third-order valence-electron chi connectivity index (χ3n) is 4.89. The fraction of sp³-hybridized carbons (Fsp3) is 0.238. The molecule has 3 nitrogen and oxygen atoms in total. The molecule has 1 aliphatic rings. The van der Waals surface area contributed by atoms with Gasteiger partial charge in [0.1, 0.15) is 6.10 Å². The van der Waals surface area contributed by atoms with Crippen molar-refractivity contribution in [2.24, 2.45) is 0 Å². The molecular formula is C21H20ClNO2. The Labute approximate surface area is 152 Å². The van der Waals surface area contributed by atoms with Crippen molar-refractivity contribution in [2.75, 3.05) is 6.61 Å². The lowest BCUT2D eigenvalue weighted by Crippen LogP contribution is -2.10. The van der Waals surface area contributed by atoms with Crippen molar-refractivity contribution in [3.05, 3.63) is 71.0 Å². The van der Waals surface area contributed by atoms with Crippen molar-refractivity contribution in [1.82, 2.24) is 4.57 Å². The maximum atomic E-state index is 10.6. The van der Waals surface area contributed by atoms with Crippen molar-refractivity contribution >= 4 is 11.6 Å². The average molecular weight is 354 g/mol. The van der Waals surface area contributed by atoms with Crippen molar-refractivity contribution in [2.45, 2.75) is 25.5 Å². The van der Waals surface area contributed by atoms with Crippen LogP contribution in [-0.4, -0.2) is 21.4 Å². The highest BCUT2D eigenvalue weighted by molar-refractivity contribution is 6.30. The van der Waals surface area contributed by atoms with E-state index >= 15 is 0 Å². The van der Waals surface area contributed by atoms with E-state index in [2.05, 4.69) is 16.7 Å². The Balaban J connectivity index is 2.04. The first kappa shape index (κ1) is 16.4. The Kier molecular flexibility index (Phi) is 4.38. The molecule has 1 aliphatic heterocycles. The van der Waals surface area contributed by atoms with E-state index in [-0.39, 0.29) is 6.61 Å². The first-order valence-corrected chi connectivity index (χ1v) is 8.94. The maximum absolute atomic E-state index is 10.6. The normalized spacial score (nSPS) is 14.5. The minimum Gasteiger partial charge on any atom is -0.393 e.